The highest BCUT2D eigenvalue weighted by molar-refractivity contribution is 7.89. The first-order valence-corrected chi connectivity index (χ1v) is 11.4. The highest BCUT2D eigenvalue weighted by Gasteiger charge is 2.30. The zero-order chi connectivity index (χ0) is 20.1. The maximum absolute atomic E-state index is 11.9. The van der Waals surface area contributed by atoms with Crippen LogP contribution in [0, 0.1) is 0 Å². The summed E-state index contributed by atoms with van der Waals surface area (Å²) in [5.41, 5.74) is 0.426. The summed E-state index contributed by atoms with van der Waals surface area (Å²) in [5, 5.41) is 0. The smallest absolute Gasteiger partial charge is 0.299 e. The van der Waals surface area contributed by atoms with Crippen molar-refractivity contribution in [1.29, 1.82) is 0 Å². The lowest BCUT2D eigenvalue weighted by Crippen LogP contribution is -2.11. The van der Waals surface area contributed by atoms with Crippen molar-refractivity contribution in [2.24, 2.45) is 0 Å². The minimum absolute atomic E-state index is 0.268. The molecule has 2 N–H and O–H groups in total. The molecule has 0 aromatic heterocycles. The Hall–Kier alpha value is -1.94. The van der Waals surface area contributed by atoms with Crippen molar-refractivity contribution in [3.63, 3.8) is 0 Å². The van der Waals surface area contributed by atoms with Crippen LogP contribution in [-0.4, -0.2) is 25.9 Å². The molecule has 0 aliphatic rings. The molecule has 0 aliphatic heterocycles. The molecule has 0 saturated carbocycles. The average molecular weight is 415 g/mol. The summed E-state index contributed by atoms with van der Waals surface area (Å²) in [7, 11) is -9.89. The summed E-state index contributed by atoms with van der Waals surface area (Å²) >= 11 is 0. The van der Waals surface area contributed by atoms with Gasteiger partial charge in [-0.1, -0.05) is 50.5 Å². The molecule has 0 unspecified atom stereocenters. The minimum Gasteiger partial charge on any atom is -0.456 e. The Morgan fingerprint density at radius 3 is 2.07 bits per heavy atom. The maximum atomic E-state index is 11.9. The molecular formula is C18H22O7S2. The number of ether oxygens (including phenoxy) is 1. The van der Waals surface area contributed by atoms with Gasteiger partial charge in [-0.2, -0.15) is 16.8 Å². The number of benzene rings is 2. The van der Waals surface area contributed by atoms with Crippen LogP contribution in [0.3, 0.4) is 0 Å². The van der Waals surface area contributed by atoms with Crippen molar-refractivity contribution in [1.82, 2.24) is 0 Å². The molecule has 0 amide bonds. The Bertz CT molecular complexity index is 982. The maximum Gasteiger partial charge on any atom is 0.299 e. The number of rotatable bonds is 9. The third kappa shape index (κ3) is 5.77. The third-order valence-corrected chi connectivity index (χ3v) is 5.90. The SMILES string of the molecule is CCCCCCc1ccc(S(=O)(=O)O)c(S(=O)(=O)O)c1Oc1ccccc1. The van der Waals surface area contributed by atoms with Gasteiger partial charge < -0.3 is 4.74 Å². The van der Waals surface area contributed by atoms with Crippen molar-refractivity contribution in [2.45, 2.75) is 48.8 Å². The zero-order valence-corrected chi connectivity index (χ0v) is 16.5. The van der Waals surface area contributed by atoms with Gasteiger partial charge >= 0.3 is 0 Å². The standard InChI is InChI=1S/C18H22O7S2/c1-2-3-4-6-9-14-12-13-16(26(19,20)21)18(27(22,23)24)17(14)25-15-10-7-5-8-11-15/h5,7-8,10-13H,2-4,6,9H2,1H3,(H,19,20,21)(H,22,23,24). The van der Waals surface area contributed by atoms with Crippen LogP contribution in [-0.2, 0) is 26.7 Å². The number of aryl methyl sites for hydroxylation is 1. The minimum atomic E-state index is -4.99. The second kappa shape index (κ2) is 8.83. The fourth-order valence-corrected chi connectivity index (χ4v) is 4.62. The van der Waals surface area contributed by atoms with Gasteiger partial charge in [-0.25, -0.2) is 0 Å². The molecule has 0 heterocycles. The predicted molar refractivity (Wildman–Crippen MR) is 100 cm³/mol. The largest absolute Gasteiger partial charge is 0.456 e. The number of para-hydroxylation sites is 1. The Kier molecular flexibility index (Phi) is 6.99. The fraction of sp³-hybridized carbons (Fsp3) is 0.333. The van der Waals surface area contributed by atoms with Gasteiger partial charge in [0.05, 0.1) is 0 Å². The van der Waals surface area contributed by atoms with E-state index in [2.05, 4.69) is 6.92 Å². The number of hydrogen-bond acceptors (Lipinski definition) is 5. The van der Waals surface area contributed by atoms with Crippen molar-refractivity contribution in [3.8, 4) is 11.5 Å². The Labute approximate surface area is 159 Å². The molecule has 0 bridgehead atoms. The van der Waals surface area contributed by atoms with Gasteiger partial charge in [-0.3, -0.25) is 9.11 Å². The highest BCUT2D eigenvalue weighted by Crippen LogP contribution is 2.37. The molecule has 148 valence electrons. The molecule has 0 radical (unpaired) electrons. The number of hydrogen-bond donors (Lipinski definition) is 2. The lowest BCUT2D eigenvalue weighted by atomic mass is 10.1. The molecule has 7 nitrogen and oxygen atoms in total. The van der Waals surface area contributed by atoms with E-state index in [1.165, 1.54) is 6.07 Å². The van der Waals surface area contributed by atoms with E-state index in [0.717, 1.165) is 31.7 Å². The molecule has 27 heavy (non-hydrogen) atoms. The van der Waals surface area contributed by atoms with Crippen molar-refractivity contribution < 1.29 is 30.7 Å². The third-order valence-electron chi connectivity index (χ3n) is 3.96. The van der Waals surface area contributed by atoms with Gasteiger partial charge in [0, 0.05) is 0 Å². The fourth-order valence-electron chi connectivity index (χ4n) is 2.69. The summed E-state index contributed by atoms with van der Waals surface area (Å²) in [4.78, 5) is -1.88. The van der Waals surface area contributed by atoms with E-state index in [1.807, 2.05) is 0 Å². The van der Waals surface area contributed by atoms with Crippen molar-refractivity contribution >= 4 is 20.2 Å². The first-order valence-electron chi connectivity index (χ1n) is 8.48. The van der Waals surface area contributed by atoms with Crippen LogP contribution in [0.1, 0.15) is 38.2 Å². The average Bonchev–Trinajstić information content (AvgIpc) is 2.58. The summed E-state index contributed by atoms with van der Waals surface area (Å²) in [6.45, 7) is 2.06. The van der Waals surface area contributed by atoms with Crippen LogP contribution in [0.25, 0.3) is 0 Å². The summed E-state index contributed by atoms with van der Waals surface area (Å²) in [5.74, 6) is -0.0278. The van der Waals surface area contributed by atoms with E-state index >= 15 is 0 Å². The summed E-state index contributed by atoms with van der Waals surface area (Å²) in [6, 6.07) is 10.5. The van der Waals surface area contributed by atoms with Crippen LogP contribution in [0.15, 0.2) is 52.3 Å². The molecule has 9 heteroatoms. The van der Waals surface area contributed by atoms with Crippen LogP contribution < -0.4 is 4.74 Å². The van der Waals surface area contributed by atoms with E-state index in [9.17, 15) is 25.9 Å². The molecule has 0 atom stereocenters. The second-order valence-corrected chi connectivity index (χ2v) is 8.81. The zero-order valence-electron chi connectivity index (χ0n) is 14.8. The lowest BCUT2D eigenvalue weighted by molar-refractivity contribution is 0.432. The lowest BCUT2D eigenvalue weighted by Gasteiger charge is -2.16. The normalized spacial score (nSPS) is 12.1. The highest BCUT2D eigenvalue weighted by atomic mass is 32.2. The van der Waals surface area contributed by atoms with Crippen molar-refractivity contribution in [2.75, 3.05) is 0 Å². The van der Waals surface area contributed by atoms with Crippen LogP contribution >= 0.6 is 0 Å². The molecule has 0 fully saturated rings. The van der Waals surface area contributed by atoms with Crippen LogP contribution in [0.2, 0.25) is 0 Å². The quantitative estimate of drug-likeness (QED) is 0.468. The van der Waals surface area contributed by atoms with E-state index in [1.54, 1.807) is 30.3 Å². The van der Waals surface area contributed by atoms with E-state index in [4.69, 9.17) is 4.74 Å². The first kappa shape index (κ1) is 21.4. The van der Waals surface area contributed by atoms with E-state index < -0.39 is 30.0 Å². The molecule has 2 aromatic carbocycles. The Morgan fingerprint density at radius 2 is 1.52 bits per heavy atom. The summed E-state index contributed by atoms with van der Waals surface area (Å²) < 4.78 is 71.8. The topological polar surface area (TPSA) is 118 Å². The van der Waals surface area contributed by atoms with E-state index in [-0.39, 0.29) is 11.5 Å². The van der Waals surface area contributed by atoms with Gasteiger partial charge in [0.2, 0.25) is 0 Å². The molecule has 0 saturated heterocycles. The molecule has 2 rings (SSSR count). The second-order valence-electron chi connectivity index (χ2n) is 6.06. The van der Waals surface area contributed by atoms with Crippen molar-refractivity contribution in [3.05, 3.63) is 48.0 Å². The molecule has 0 spiro atoms. The molecule has 0 aliphatic carbocycles. The Morgan fingerprint density at radius 1 is 0.852 bits per heavy atom. The van der Waals surface area contributed by atoms with Gasteiger partial charge in [0.15, 0.2) is 10.6 Å². The predicted octanol–water partition coefficient (Wildman–Crippen LogP) is 4.10. The van der Waals surface area contributed by atoms with Crippen LogP contribution in [0.5, 0.6) is 11.5 Å². The number of unbranched alkanes of at least 4 members (excludes halogenated alkanes) is 3. The van der Waals surface area contributed by atoms with Gasteiger partial charge in [0.1, 0.15) is 10.6 Å². The van der Waals surface area contributed by atoms with Crippen LogP contribution in [0.4, 0.5) is 0 Å². The molecular weight excluding hydrogens is 392 g/mol. The van der Waals surface area contributed by atoms with E-state index in [0.29, 0.717) is 12.0 Å². The van der Waals surface area contributed by atoms with Gasteiger partial charge in [0.25, 0.3) is 20.2 Å². The monoisotopic (exact) mass is 414 g/mol. The summed E-state index contributed by atoms with van der Waals surface area (Å²) in [6.07, 6.45) is 4.09. The Balaban J connectivity index is 2.63. The molecule has 2 aromatic rings. The van der Waals surface area contributed by atoms with Gasteiger partial charge in [-0.05, 0) is 36.6 Å². The first-order chi connectivity index (χ1) is 12.6. The van der Waals surface area contributed by atoms with Gasteiger partial charge in [-0.15, -0.1) is 0 Å².